The highest BCUT2D eigenvalue weighted by molar-refractivity contribution is 5.92. The molecule has 98 valence electrons. The van der Waals surface area contributed by atoms with Gasteiger partial charge in [0.05, 0.1) is 19.8 Å². The lowest BCUT2D eigenvalue weighted by molar-refractivity contribution is 0.0696. The van der Waals surface area contributed by atoms with E-state index in [2.05, 4.69) is 0 Å². The van der Waals surface area contributed by atoms with Gasteiger partial charge in [0.25, 0.3) is 0 Å². The van der Waals surface area contributed by atoms with Crippen molar-refractivity contribution in [3.63, 3.8) is 0 Å². The number of methoxy groups -OCH3 is 2. The maximum absolute atomic E-state index is 11.2. The van der Waals surface area contributed by atoms with Crippen molar-refractivity contribution in [3.8, 4) is 22.6 Å². The molecule has 0 aliphatic rings. The predicted molar refractivity (Wildman–Crippen MR) is 71.9 cm³/mol. The summed E-state index contributed by atoms with van der Waals surface area (Å²) in [6, 6.07) is 12.5. The summed E-state index contributed by atoms with van der Waals surface area (Å²) < 4.78 is 10.5. The number of ether oxygens (including phenoxy) is 2. The van der Waals surface area contributed by atoms with Crippen molar-refractivity contribution in [2.75, 3.05) is 14.2 Å². The molecule has 2 rings (SSSR count). The molecule has 0 heterocycles. The number of rotatable bonds is 4. The molecule has 4 heteroatoms. The molecule has 1 N–H and O–H groups in total. The molecule has 0 aromatic heterocycles. The Bertz CT molecular complexity index is 591. The van der Waals surface area contributed by atoms with Gasteiger partial charge in [0.15, 0.2) is 11.5 Å². The molecule has 19 heavy (non-hydrogen) atoms. The Balaban J connectivity index is 2.70. The van der Waals surface area contributed by atoms with Crippen LogP contribution in [0, 0.1) is 0 Å². The van der Waals surface area contributed by atoms with E-state index >= 15 is 0 Å². The third-order valence-electron chi connectivity index (χ3n) is 2.81. The van der Waals surface area contributed by atoms with Crippen LogP contribution < -0.4 is 9.47 Å². The molecule has 0 saturated carbocycles. The van der Waals surface area contributed by atoms with Gasteiger partial charge in [-0.15, -0.1) is 0 Å². The van der Waals surface area contributed by atoms with Crippen molar-refractivity contribution in [3.05, 3.63) is 48.0 Å². The standard InChI is InChI=1S/C15H14O4/c1-18-13-9-11(15(16)17)8-12(14(13)19-2)10-6-4-3-5-7-10/h3-9H,1-2H3,(H,16,17). The van der Waals surface area contributed by atoms with Crippen LogP contribution >= 0.6 is 0 Å². The fourth-order valence-electron chi connectivity index (χ4n) is 1.92. The molecule has 2 aromatic rings. The number of hydrogen-bond acceptors (Lipinski definition) is 3. The molecule has 0 unspecified atom stereocenters. The summed E-state index contributed by atoms with van der Waals surface area (Å²) in [5.74, 6) is -0.0712. The Morgan fingerprint density at radius 2 is 1.74 bits per heavy atom. The Morgan fingerprint density at radius 3 is 2.26 bits per heavy atom. The van der Waals surface area contributed by atoms with Gasteiger partial charge in [0.2, 0.25) is 0 Å². The third kappa shape index (κ3) is 2.52. The van der Waals surface area contributed by atoms with Crippen LogP contribution in [-0.4, -0.2) is 25.3 Å². The lowest BCUT2D eigenvalue weighted by atomic mass is 10.0. The fourth-order valence-corrected chi connectivity index (χ4v) is 1.92. The van der Waals surface area contributed by atoms with Gasteiger partial charge < -0.3 is 14.6 Å². The summed E-state index contributed by atoms with van der Waals surface area (Å²) in [4.78, 5) is 11.2. The van der Waals surface area contributed by atoms with E-state index in [9.17, 15) is 4.79 Å². The first-order valence-electron chi connectivity index (χ1n) is 5.72. The van der Waals surface area contributed by atoms with Crippen LogP contribution in [0.3, 0.4) is 0 Å². The summed E-state index contributed by atoms with van der Waals surface area (Å²) >= 11 is 0. The minimum absolute atomic E-state index is 0.163. The zero-order valence-corrected chi connectivity index (χ0v) is 10.7. The SMILES string of the molecule is COc1cc(C(=O)O)cc(-c2ccccc2)c1OC. The molecule has 0 aliphatic heterocycles. The Hall–Kier alpha value is -2.49. The van der Waals surface area contributed by atoms with E-state index < -0.39 is 5.97 Å². The number of carboxylic acid groups (broad SMARTS) is 1. The second-order valence-electron chi connectivity index (χ2n) is 3.93. The first-order chi connectivity index (χ1) is 9.17. The van der Waals surface area contributed by atoms with E-state index in [1.54, 1.807) is 6.07 Å². The van der Waals surface area contributed by atoms with Gasteiger partial charge in [-0.1, -0.05) is 30.3 Å². The molecule has 0 radical (unpaired) electrons. The average Bonchev–Trinajstić information content (AvgIpc) is 2.46. The average molecular weight is 258 g/mol. The van der Waals surface area contributed by atoms with E-state index in [4.69, 9.17) is 14.6 Å². The normalized spacial score (nSPS) is 10.0. The molecule has 0 bridgehead atoms. The van der Waals surface area contributed by atoms with Gasteiger partial charge >= 0.3 is 5.97 Å². The third-order valence-corrected chi connectivity index (χ3v) is 2.81. The van der Waals surface area contributed by atoms with E-state index in [0.29, 0.717) is 17.1 Å². The maximum atomic E-state index is 11.2. The van der Waals surface area contributed by atoms with Crippen LogP contribution in [0.1, 0.15) is 10.4 Å². The quantitative estimate of drug-likeness (QED) is 0.915. The molecule has 4 nitrogen and oxygen atoms in total. The highest BCUT2D eigenvalue weighted by Crippen LogP contribution is 2.39. The van der Waals surface area contributed by atoms with Crippen molar-refractivity contribution in [2.24, 2.45) is 0 Å². The van der Waals surface area contributed by atoms with Crippen LogP contribution in [0.4, 0.5) is 0 Å². The summed E-state index contributed by atoms with van der Waals surface area (Å²) in [6.45, 7) is 0. The van der Waals surface area contributed by atoms with Crippen LogP contribution in [0.25, 0.3) is 11.1 Å². The Kier molecular flexibility index (Phi) is 3.71. The molecule has 0 aliphatic carbocycles. The minimum atomic E-state index is -1.00. The fraction of sp³-hybridized carbons (Fsp3) is 0.133. The highest BCUT2D eigenvalue weighted by Gasteiger charge is 2.16. The second kappa shape index (κ2) is 5.44. The van der Waals surface area contributed by atoms with Gasteiger partial charge in [-0.25, -0.2) is 4.79 Å². The monoisotopic (exact) mass is 258 g/mol. The predicted octanol–water partition coefficient (Wildman–Crippen LogP) is 3.07. The Labute approximate surface area is 111 Å². The number of aromatic carboxylic acids is 1. The van der Waals surface area contributed by atoms with E-state index in [-0.39, 0.29) is 5.56 Å². The summed E-state index contributed by atoms with van der Waals surface area (Å²) in [7, 11) is 3.02. The molecule has 0 saturated heterocycles. The van der Waals surface area contributed by atoms with E-state index in [1.165, 1.54) is 20.3 Å². The molecule has 2 aromatic carbocycles. The van der Waals surface area contributed by atoms with Crippen molar-refractivity contribution < 1.29 is 19.4 Å². The van der Waals surface area contributed by atoms with Crippen LogP contribution in [0.5, 0.6) is 11.5 Å². The van der Waals surface area contributed by atoms with Gasteiger partial charge in [-0.3, -0.25) is 0 Å². The minimum Gasteiger partial charge on any atom is -0.493 e. The highest BCUT2D eigenvalue weighted by atomic mass is 16.5. The molecular weight excluding hydrogens is 244 g/mol. The zero-order valence-electron chi connectivity index (χ0n) is 10.7. The first kappa shape index (κ1) is 13.0. The summed E-state index contributed by atoms with van der Waals surface area (Å²) in [5.41, 5.74) is 1.73. The van der Waals surface area contributed by atoms with Crippen molar-refractivity contribution in [1.29, 1.82) is 0 Å². The maximum Gasteiger partial charge on any atom is 0.335 e. The topological polar surface area (TPSA) is 55.8 Å². The molecule has 0 fully saturated rings. The van der Waals surface area contributed by atoms with Crippen LogP contribution in [0.15, 0.2) is 42.5 Å². The zero-order chi connectivity index (χ0) is 13.8. The van der Waals surface area contributed by atoms with Crippen molar-refractivity contribution >= 4 is 5.97 Å². The summed E-state index contributed by atoms with van der Waals surface area (Å²) in [5, 5.41) is 9.14. The van der Waals surface area contributed by atoms with Gasteiger partial charge in [-0.2, -0.15) is 0 Å². The van der Waals surface area contributed by atoms with Crippen LogP contribution in [0.2, 0.25) is 0 Å². The van der Waals surface area contributed by atoms with Crippen molar-refractivity contribution in [2.45, 2.75) is 0 Å². The number of carbonyl (C=O) groups is 1. The summed E-state index contributed by atoms with van der Waals surface area (Å²) in [6.07, 6.45) is 0. The molecule has 0 atom stereocenters. The smallest absolute Gasteiger partial charge is 0.335 e. The first-order valence-corrected chi connectivity index (χ1v) is 5.72. The van der Waals surface area contributed by atoms with Gasteiger partial charge in [-0.05, 0) is 17.7 Å². The molecule has 0 spiro atoms. The van der Waals surface area contributed by atoms with Crippen molar-refractivity contribution in [1.82, 2.24) is 0 Å². The van der Waals surface area contributed by atoms with Gasteiger partial charge in [0, 0.05) is 5.56 Å². The second-order valence-corrected chi connectivity index (χ2v) is 3.93. The molecular formula is C15H14O4. The lowest BCUT2D eigenvalue weighted by Gasteiger charge is -2.14. The number of carboxylic acids is 1. The van der Waals surface area contributed by atoms with Crippen LogP contribution in [-0.2, 0) is 0 Å². The largest absolute Gasteiger partial charge is 0.493 e. The molecule has 0 amide bonds. The lowest BCUT2D eigenvalue weighted by Crippen LogP contribution is -2.00. The van der Waals surface area contributed by atoms with Gasteiger partial charge in [0.1, 0.15) is 0 Å². The number of hydrogen-bond donors (Lipinski definition) is 1. The van der Waals surface area contributed by atoms with E-state index in [0.717, 1.165) is 5.56 Å². The Morgan fingerprint density at radius 1 is 1.05 bits per heavy atom. The number of benzene rings is 2. The van der Waals surface area contributed by atoms with E-state index in [1.807, 2.05) is 30.3 Å².